The maximum Gasteiger partial charge on any atom is 0.0713 e. The van der Waals surface area contributed by atoms with Crippen LogP contribution >= 0.6 is 0 Å². The molecule has 0 fully saturated rings. The van der Waals surface area contributed by atoms with Gasteiger partial charge in [0.1, 0.15) is 0 Å². The molecule has 0 aromatic heterocycles. The van der Waals surface area contributed by atoms with Gasteiger partial charge in [0.05, 0.1) is 11.1 Å². The average molecular weight is 940 g/mol. The summed E-state index contributed by atoms with van der Waals surface area (Å²) in [4.78, 5) is 2.49. The highest BCUT2D eigenvalue weighted by Gasteiger charge is 2.46. The normalized spacial score (nSPS) is 12.4. The average Bonchev–Trinajstić information content (AvgIpc) is 3.79. The van der Waals surface area contributed by atoms with Crippen molar-refractivity contribution in [3.63, 3.8) is 0 Å². The van der Waals surface area contributed by atoms with E-state index in [1.807, 2.05) is 0 Å². The Kier molecular flexibility index (Phi) is 10.5. The van der Waals surface area contributed by atoms with Crippen molar-refractivity contribution in [3.8, 4) is 55.6 Å². The molecule has 0 amide bonds. The van der Waals surface area contributed by atoms with Crippen LogP contribution in [0.3, 0.4) is 0 Å². The molecule has 0 heterocycles. The van der Waals surface area contributed by atoms with Gasteiger partial charge in [-0.2, -0.15) is 0 Å². The molecule has 1 aliphatic carbocycles. The minimum atomic E-state index is -0.501. The largest absolute Gasteiger partial charge is 0.310 e. The number of hydrogen-bond donors (Lipinski definition) is 0. The molecular weight excluding hydrogens is 891 g/mol. The predicted octanol–water partition coefficient (Wildman–Crippen LogP) is 19.6. The quantitative estimate of drug-likeness (QED) is 0.130. The molecule has 346 valence electrons. The first-order chi connectivity index (χ1) is 36.7. The summed E-state index contributed by atoms with van der Waals surface area (Å²) in [6, 6.07) is 110. The Morgan fingerprint density at radius 2 is 0.716 bits per heavy atom. The first-order valence-electron chi connectivity index (χ1n) is 25.7. The van der Waals surface area contributed by atoms with Gasteiger partial charge in [0.25, 0.3) is 0 Å². The molecule has 0 bridgehead atoms. The summed E-state index contributed by atoms with van der Waals surface area (Å²) in [5.74, 6) is 0. The van der Waals surface area contributed by atoms with E-state index in [-0.39, 0.29) is 0 Å². The van der Waals surface area contributed by atoms with Crippen LogP contribution in [0.4, 0.5) is 17.1 Å². The Balaban J connectivity index is 1.01. The summed E-state index contributed by atoms with van der Waals surface area (Å²) in [6.07, 6.45) is 0. The van der Waals surface area contributed by atoms with E-state index in [1.54, 1.807) is 0 Å². The molecule has 74 heavy (non-hydrogen) atoms. The van der Waals surface area contributed by atoms with Gasteiger partial charge in [0.2, 0.25) is 0 Å². The van der Waals surface area contributed by atoms with Crippen LogP contribution in [0.1, 0.15) is 22.3 Å². The molecule has 1 heteroatoms. The Morgan fingerprint density at radius 1 is 0.243 bits per heavy atom. The van der Waals surface area contributed by atoms with E-state index < -0.39 is 5.41 Å². The van der Waals surface area contributed by atoms with E-state index in [4.69, 9.17) is 0 Å². The van der Waals surface area contributed by atoms with E-state index in [1.165, 1.54) is 99.1 Å². The zero-order valence-corrected chi connectivity index (χ0v) is 40.7. The van der Waals surface area contributed by atoms with Crippen LogP contribution in [0, 0.1) is 0 Å². The fourth-order valence-corrected chi connectivity index (χ4v) is 12.3. The molecular formula is C73H49N. The number of benzene rings is 13. The summed E-state index contributed by atoms with van der Waals surface area (Å²) < 4.78 is 0. The van der Waals surface area contributed by atoms with Gasteiger partial charge in [-0.05, 0) is 147 Å². The molecule has 0 spiro atoms. The first kappa shape index (κ1) is 43.2. The van der Waals surface area contributed by atoms with Crippen LogP contribution in [0.15, 0.2) is 297 Å². The highest BCUT2D eigenvalue weighted by atomic mass is 15.1. The van der Waals surface area contributed by atoms with Crippen molar-refractivity contribution in [2.45, 2.75) is 5.41 Å². The standard InChI is InChI=1S/C73H49N/c1-6-22-50(23-7-1)53-38-39-55-47-59(42-40-54(55)46-53)74(60-43-45-69-66(49-60)64-34-18-20-36-68(64)73(69,57-28-12-4-13-29-57)58-30-14-5-15-31-58)70-37-21-19-32-61(70)56-41-44-63-62-33-16-17-35-65(62)71(51-24-8-2-9-25-51)72(67(63)48-56)52-26-10-3-11-27-52/h1-49H. The van der Waals surface area contributed by atoms with Gasteiger partial charge in [0.15, 0.2) is 0 Å². The van der Waals surface area contributed by atoms with E-state index in [9.17, 15) is 0 Å². The second-order valence-corrected chi connectivity index (χ2v) is 19.5. The minimum absolute atomic E-state index is 0.501. The van der Waals surface area contributed by atoms with Crippen molar-refractivity contribution in [3.05, 3.63) is 320 Å². The maximum absolute atomic E-state index is 2.49. The topological polar surface area (TPSA) is 3.24 Å². The van der Waals surface area contributed by atoms with Crippen molar-refractivity contribution in [2.24, 2.45) is 0 Å². The van der Waals surface area contributed by atoms with Crippen molar-refractivity contribution < 1.29 is 0 Å². The summed E-state index contributed by atoms with van der Waals surface area (Å²) in [5.41, 5.74) is 20.0. The third-order valence-corrected chi connectivity index (χ3v) is 15.5. The predicted molar refractivity (Wildman–Crippen MR) is 313 cm³/mol. The van der Waals surface area contributed by atoms with Gasteiger partial charge in [0, 0.05) is 16.9 Å². The van der Waals surface area contributed by atoms with Crippen LogP contribution in [-0.2, 0) is 5.41 Å². The van der Waals surface area contributed by atoms with E-state index in [0.717, 1.165) is 28.2 Å². The summed E-state index contributed by atoms with van der Waals surface area (Å²) >= 11 is 0. The third-order valence-electron chi connectivity index (χ3n) is 15.5. The van der Waals surface area contributed by atoms with Crippen molar-refractivity contribution >= 4 is 49.4 Å². The molecule has 13 aromatic rings. The minimum Gasteiger partial charge on any atom is -0.310 e. The van der Waals surface area contributed by atoms with Gasteiger partial charge in [-0.3, -0.25) is 0 Å². The summed E-state index contributed by atoms with van der Waals surface area (Å²) in [6.45, 7) is 0. The molecule has 0 radical (unpaired) electrons. The van der Waals surface area contributed by atoms with Crippen LogP contribution in [0.2, 0.25) is 0 Å². The van der Waals surface area contributed by atoms with Gasteiger partial charge in [-0.25, -0.2) is 0 Å². The second-order valence-electron chi connectivity index (χ2n) is 19.5. The monoisotopic (exact) mass is 939 g/mol. The maximum atomic E-state index is 2.49. The van der Waals surface area contributed by atoms with Crippen LogP contribution in [0.5, 0.6) is 0 Å². The van der Waals surface area contributed by atoms with Crippen LogP contribution < -0.4 is 4.90 Å². The molecule has 0 aliphatic heterocycles. The van der Waals surface area contributed by atoms with Gasteiger partial charge < -0.3 is 4.90 Å². The van der Waals surface area contributed by atoms with E-state index in [0.29, 0.717) is 0 Å². The lowest BCUT2D eigenvalue weighted by atomic mass is 9.68. The highest BCUT2D eigenvalue weighted by Crippen LogP contribution is 2.57. The lowest BCUT2D eigenvalue weighted by molar-refractivity contribution is 0.768. The fraction of sp³-hybridized carbons (Fsp3) is 0.0137. The molecule has 0 saturated heterocycles. The van der Waals surface area contributed by atoms with E-state index >= 15 is 0 Å². The SMILES string of the molecule is c1ccc(-c2ccc3cc(N(c4ccc5c(c4)-c4ccccc4C5(c4ccccc4)c4ccccc4)c4ccccc4-c4ccc5c(c4)c(-c4ccccc4)c(-c4ccccc4)c4ccccc45)ccc3c2)cc1. The number of rotatable bonds is 9. The summed E-state index contributed by atoms with van der Waals surface area (Å²) in [7, 11) is 0. The lowest BCUT2D eigenvalue weighted by Crippen LogP contribution is -2.28. The molecule has 13 aromatic carbocycles. The first-order valence-corrected chi connectivity index (χ1v) is 25.7. The van der Waals surface area contributed by atoms with Gasteiger partial charge in [-0.15, -0.1) is 0 Å². The van der Waals surface area contributed by atoms with Crippen molar-refractivity contribution in [1.82, 2.24) is 0 Å². The fourth-order valence-electron chi connectivity index (χ4n) is 12.3. The van der Waals surface area contributed by atoms with Gasteiger partial charge in [-0.1, -0.05) is 255 Å². The van der Waals surface area contributed by atoms with E-state index in [2.05, 4.69) is 302 Å². The van der Waals surface area contributed by atoms with Crippen molar-refractivity contribution in [1.29, 1.82) is 0 Å². The number of anilines is 3. The number of fused-ring (bicyclic) bond motifs is 7. The highest BCUT2D eigenvalue weighted by molar-refractivity contribution is 6.22. The molecule has 0 atom stereocenters. The molecule has 14 rings (SSSR count). The van der Waals surface area contributed by atoms with Gasteiger partial charge >= 0.3 is 0 Å². The summed E-state index contributed by atoms with van der Waals surface area (Å²) in [5, 5.41) is 7.33. The zero-order valence-electron chi connectivity index (χ0n) is 40.7. The number of hydrogen-bond acceptors (Lipinski definition) is 1. The van der Waals surface area contributed by atoms with Crippen LogP contribution in [-0.4, -0.2) is 0 Å². The van der Waals surface area contributed by atoms with Crippen molar-refractivity contribution in [2.75, 3.05) is 4.90 Å². The Bertz CT molecular complexity index is 4180. The molecule has 0 unspecified atom stereocenters. The number of nitrogens with zero attached hydrogens (tertiary/aromatic N) is 1. The Morgan fingerprint density at radius 3 is 1.41 bits per heavy atom. The third kappa shape index (κ3) is 7.00. The second kappa shape index (κ2) is 17.9. The van der Waals surface area contributed by atoms with Crippen LogP contribution in [0.25, 0.3) is 88.0 Å². The lowest BCUT2D eigenvalue weighted by Gasteiger charge is -2.34. The zero-order chi connectivity index (χ0) is 49.0. The molecule has 0 N–H and O–H groups in total. The molecule has 1 nitrogen and oxygen atoms in total. The Labute approximate surface area is 432 Å². The molecule has 0 saturated carbocycles. The number of para-hydroxylation sites is 1. The smallest absolute Gasteiger partial charge is 0.0713 e. The Hall–Kier alpha value is -9.56. The molecule has 1 aliphatic rings.